The van der Waals surface area contributed by atoms with Gasteiger partial charge in [-0.15, -0.1) is 0 Å². The number of carbonyl (C=O) groups is 3. The van der Waals surface area contributed by atoms with Crippen LogP contribution in [0.5, 0.6) is 0 Å². The summed E-state index contributed by atoms with van der Waals surface area (Å²) in [7, 11) is 0. The number of hydrogen-bond acceptors (Lipinski definition) is 5. The highest BCUT2D eigenvalue weighted by Gasteiger charge is 2.40. The molecule has 0 saturated carbocycles. The number of aliphatic carboxylic acids is 1. The molecule has 1 aliphatic carbocycles. The zero-order valence-corrected chi connectivity index (χ0v) is 11.1. The van der Waals surface area contributed by atoms with E-state index in [-0.39, 0.29) is 0 Å². The van der Waals surface area contributed by atoms with Gasteiger partial charge < -0.3 is 15.2 Å². The lowest BCUT2D eigenvalue weighted by Gasteiger charge is -2.33. The number of nitrogens with one attached hydrogen (secondary N) is 1. The standard InChI is InChI=1S/C13H15N3O5/c14-13(11(19)21-9-4-2-1-3-5-9)6-7-16(8-10(17)18)12(20)15-13/h1-4,6-7,9H,5,8,14H2,(H,15,20)(H,17,18)/t9-,13+/m1/s1. The van der Waals surface area contributed by atoms with Crippen molar-refractivity contribution in [3.05, 3.63) is 36.6 Å². The minimum Gasteiger partial charge on any atom is -0.480 e. The van der Waals surface area contributed by atoms with Crippen LogP contribution in [0.1, 0.15) is 6.42 Å². The van der Waals surface area contributed by atoms with Crippen LogP contribution in [0.3, 0.4) is 0 Å². The number of carboxylic acids is 1. The number of carbonyl (C=O) groups excluding carboxylic acids is 2. The van der Waals surface area contributed by atoms with Crippen LogP contribution in [0.4, 0.5) is 4.79 Å². The Hall–Kier alpha value is -2.61. The average molecular weight is 293 g/mol. The van der Waals surface area contributed by atoms with Crippen molar-refractivity contribution >= 4 is 18.0 Å². The summed E-state index contributed by atoms with van der Waals surface area (Å²) in [6.45, 7) is -0.524. The van der Waals surface area contributed by atoms with Crippen molar-refractivity contribution in [2.24, 2.45) is 5.73 Å². The predicted octanol–water partition coefficient (Wildman–Crippen LogP) is -0.307. The number of carboxylic acid groups (broad SMARTS) is 1. The quantitative estimate of drug-likeness (QED) is 0.611. The van der Waals surface area contributed by atoms with Crippen molar-refractivity contribution in [1.82, 2.24) is 10.2 Å². The summed E-state index contributed by atoms with van der Waals surface area (Å²) in [4.78, 5) is 35.3. The van der Waals surface area contributed by atoms with Crippen LogP contribution in [0.15, 0.2) is 36.6 Å². The summed E-state index contributed by atoms with van der Waals surface area (Å²) in [5.74, 6) is -1.99. The number of rotatable bonds is 4. The molecular formula is C13H15N3O5. The maximum absolute atomic E-state index is 12.1. The van der Waals surface area contributed by atoms with Crippen molar-refractivity contribution in [3.8, 4) is 0 Å². The molecule has 112 valence electrons. The third-order valence-electron chi connectivity index (χ3n) is 2.94. The third-order valence-corrected chi connectivity index (χ3v) is 2.94. The van der Waals surface area contributed by atoms with Gasteiger partial charge in [0.05, 0.1) is 0 Å². The molecule has 1 aliphatic heterocycles. The van der Waals surface area contributed by atoms with E-state index < -0.39 is 36.3 Å². The second-order valence-corrected chi connectivity index (χ2v) is 4.63. The number of nitrogens with two attached hydrogens (primary N) is 1. The molecule has 0 radical (unpaired) electrons. The van der Waals surface area contributed by atoms with Gasteiger partial charge in [-0.25, -0.2) is 9.59 Å². The Morgan fingerprint density at radius 2 is 2.29 bits per heavy atom. The fourth-order valence-electron chi connectivity index (χ4n) is 1.84. The van der Waals surface area contributed by atoms with E-state index in [0.29, 0.717) is 6.42 Å². The summed E-state index contributed by atoms with van der Waals surface area (Å²) in [6, 6.07) is -0.779. The van der Waals surface area contributed by atoms with E-state index in [9.17, 15) is 14.4 Å². The van der Waals surface area contributed by atoms with Gasteiger partial charge in [0.15, 0.2) is 0 Å². The van der Waals surface area contributed by atoms with Gasteiger partial charge in [0.2, 0.25) is 5.66 Å². The van der Waals surface area contributed by atoms with E-state index in [1.165, 1.54) is 6.08 Å². The van der Waals surface area contributed by atoms with Crippen molar-refractivity contribution in [1.29, 1.82) is 0 Å². The molecule has 8 nitrogen and oxygen atoms in total. The monoisotopic (exact) mass is 293 g/mol. The number of nitrogens with zero attached hydrogens (tertiary/aromatic N) is 1. The molecule has 0 fully saturated rings. The third kappa shape index (κ3) is 3.48. The topological polar surface area (TPSA) is 122 Å². The largest absolute Gasteiger partial charge is 0.480 e. The van der Waals surface area contributed by atoms with Crippen molar-refractivity contribution in [2.45, 2.75) is 18.2 Å². The van der Waals surface area contributed by atoms with Gasteiger partial charge >= 0.3 is 18.0 Å². The Morgan fingerprint density at radius 3 is 2.86 bits per heavy atom. The Balaban J connectivity index is 2.03. The van der Waals surface area contributed by atoms with Crippen molar-refractivity contribution in [3.63, 3.8) is 0 Å². The first-order chi connectivity index (χ1) is 9.90. The van der Waals surface area contributed by atoms with E-state index in [0.717, 1.165) is 11.1 Å². The normalized spacial score (nSPS) is 27.4. The number of esters is 1. The van der Waals surface area contributed by atoms with Crippen molar-refractivity contribution in [2.75, 3.05) is 6.54 Å². The summed E-state index contributed by atoms with van der Waals surface area (Å²) >= 11 is 0. The minimum atomic E-state index is -1.80. The Labute approximate surface area is 120 Å². The Bertz CT molecular complexity index is 554. The number of amides is 2. The van der Waals surface area contributed by atoms with Gasteiger partial charge in [0, 0.05) is 12.6 Å². The van der Waals surface area contributed by atoms with Gasteiger partial charge in [0.25, 0.3) is 0 Å². The zero-order valence-electron chi connectivity index (χ0n) is 11.1. The highest BCUT2D eigenvalue weighted by Crippen LogP contribution is 2.15. The first kappa shape index (κ1) is 14.8. The van der Waals surface area contributed by atoms with Crippen LogP contribution in [0, 0.1) is 0 Å². The molecule has 1 heterocycles. The summed E-state index contributed by atoms with van der Waals surface area (Å²) in [6.07, 6.45) is 9.55. The number of hydrogen-bond donors (Lipinski definition) is 3. The minimum absolute atomic E-state index is 0.440. The van der Waals surface area contributed by atoms with Gasteiger partial charge in [-0.3, -0.25) is 15.4 Å². The van der Waals surface area contributed by atoms with Crippen LogP contribution >= 0.6 is 0 Å². The molecular weight excluding hydrogens is 278 g/mol. The van der Waals surface area contributed by atoms with E-state index in [4.69, 9.17) is 15.6 Å². The summed E-state index contributed by atoms with van der Waals surface area (Å²) in [5, 5.41) is 10.9. The maximum Gasteiger partial charge on any atom is 0.351 e. The molecule has 0 spiro atoms. The molecule has 2 aliphatic rings. The lowest BCUT2D eigenvalue weighted by molar-refractivity contribution is -0.152. The fourth-order valence-corrected chi connectivity index (χ4v) is 1.84. The van der Waals surface area contributed by atoms with Crippen LogP contribution < -0.4 is 11.1 Å². The molecule has 0 saturated heterocycles. The van der Waals surface area contributed by atoms with Gasteiger partial charge in [-0.05, 0) is 12.2 Å². The molecule has 0 bridgehead atoms. The van der Waals surface area contributed by atoms with Gasteiger partial charge in [0.1, 0.15) is 12.6 Å². The first-order valence-electron chi connectivity index (χ1n) is 6.24. The number of ether oxygens (including phenoxy) is 1. The summed E-state index contributed by atoms with van der Waals surface area (Å²) < 4.78 is 5.20. The second kappa shape index (κ2) is 5.80. The van der Waals surface area contributed by atoms with Gasteiger partial charge in [-0.1, -0.05) is 18.2 Å². The highest BCUT2D eigenvalue weighted by atomic mass is 16.5. The predicted molar refractivity (Wildman–Crippen MR) is 71.7 cm³/mol. The smallest absolute Gasteiger partial charge is 0.351 e. The zero-order chi connectivity index (χ0) is 15.5. The molecule has 8 heteroatoms. The highest BCUT2D eigenvalue weighted by molar-refractivity contribution is 5.92. The van der Waals surface area contributed by atoms with Crippen LogP contribution in [0.25, 0.3) is 0 Å². The molecule has 4 N–H and O–H groups in total. The lowest BCUT2D eigenvalue weighted by Crippen LogP contribution is -2.65. The van der Waals surface area contributed by atoms with Crippen LogP contribution in [-0.4, -0.2) is 46.3 Å². The lowest BCUT2D eigenvalue weighted by atomic mass is 10.1. The molecule has 0 unspecified atom stereocenters. The van der Waals surface area contributed by atoms with Crippen molar-refractivity contribution < 1.29 is 24.2 Å². The van der Waals surface area contributed by atoms with Crippen LogP contribution in [0.2, 0.25) is 0 Å². The Kier molecular flexibility index (Phi) is 4.08. The van der Waals surface area contributed by atoms with Crippen LogP contribution in [-0.2, 0) is 14.3 Å². The Morgan fingerprint density at radius 1 is 1.52 bits per heavy atom. The van der Waals surface area contributed by atoms with E-state index in [1.54, 1.807) is 12.2 Å². The van der Waals surface area contributed by atoms with E-state index >= 15 is 0 Å². The van der Waals surface area contributed by atoms with E-state index in [1.807, 2.05) is 12.2 Å². The molecule has 0 aromatic carbocycles. The van der Waals surface area contributed by atoms with E-state index in [2.05, 4.69) is 5.32 Å². The first-order valence-corrected chi connectivity index (χ1v) is 6.24. The average Bonchev–Trinajstić information content (AvgIpc) is 2.43. The molecule has 2 amide bonds. The molecule has 21 heavy (non-hydrogen) atoms. The van der Waals surface area contributed by atoms with Gasteiger partial charge in [-0.2, -0.15) is 0 Å². The number of allylic oxidation sites excluding steroid dienone is 2. The fraction of sp³-hybridized carbons (Fsp3) is 0.308. The molecule has 0 aromatic rings. The molecule has 0 aromatic heterocycles. The molecule has 2 atom stereocenters. The maximum atomic E-state index is 12.1. The number of urea groups is 1. The second-order valence-electron chi connectivity index (χ2n) is 4.63. The SMILES string of the molecule is N[C@@]1(C(=O)O[C@@H]2C=CC=CC2)C=CN(CC(=O)O)C(=O)N1. The summed E-state index contributed by atoms with van der Waals surface area (Å²) in [5.41, 5.74) is 3.99. The molecule has 2 rings (SSSR count).